The van der Waals surface area contributed by atoms with Crippen molar-refractivity contribution in [3.8, 4) is 0 Å². The first kappa shape index (κ1) is 31.6. The molecule has 1 atom stereocenters. The molecule has 46 heavy (non-hydrogen) atoms. The first-order valence-corrected chi connectivity index (χ1v) is 13.7. The summed E-state index contributed by atoms with van der Waals surface area (Å²) in [6.45, 7) is 6.12. The number of aromatic nitrogens is 1. The second-order valence-corrected chi connectivity index (χ2v) is 11.1. The molecule has 6 nitrogen and oxygen atoms in total. The van der Waals surface area contributed by atoms with Gasteiger partial charge >= 0.3 is 12.4 Å². The Bertz CT molecular complexity index is 1940. The molecule has 4 aromatic rings. The van der Waals surface area contributed by atoms with Crippen LogP contribution in [-0.2, 0) is 6.18 Å². The van der Waals surface area contributed by atoms with Crippen molar-refractivity contribution in [3.05, 3.63) is 107 Å². The van der Waals surface area contributed by atoms with Crippen molar-refractivity contribution in [1.82, 2.24) is 10.3 Å². The van der Waals surface area contributed by atoms with Gasteiger partial charge in [0.2, 0.25) is 0 Å². The summed E-state index contributed by atoms with van der Waals surface area (Å²) in [6, 6.07) is 8.50. The van der Waals surface area contributed by atoms with Gasteiger partial charge in [0.25, 0.3) is 0 Å². The molecule has 3 N–H and O–H groups in total. The van der Waals surface area contributed by atoms with E-state index in [0.717, 1.165) is 34.2 Å². The van der Waals surface area contributed by atoms with Crippen molar-refractivity contribution >= 4 is 66.6 Å². The van der Waals surface area contributed by atoms with Crippen LogP contribution in [0.4, 0.5) is 53.6 Å². The third-order valence-corrected chi connectivity index (χ3v) is 7.99. The minimum Gasteiger partial charge on any atom is -0.389 e. The van der Waals surface area contributed by atoms with E-state index < -0.39 is 47.7 Å². The summed E-state index contributed by atoms with van der Waals surface area (Å²) in [5, 5.41) is 16.7. The fraction of sp³-hybridized carbons (Fsp3) is 0.167. The Morgan fingerprint density at radius 1 is 1.02 bits per heavy atom. The van der Waals surface area contributed by atoms with Gasteiger partial charge in [-0.05, 0) is 41.8 Å². The number of benzene rings is 3. The Labute approximate surface area is 265 Å². The van der Waals surface area contributed by atoms with Crippen LogP contribution in [0.5, 0.6) is 0 Å². The van der Waals surface area contributed by atoms with Crippen molar-refractivity contribution < 1.29 is 35.8 Å². The van der Waals surface area contributed by atoms with Crippen LogP contribution >= 0.6 is 11.6 Å². The molecule has 0 saturated heterocycles. The van der Waals surface area contributed by atoms with Crippen molar-refractivity contribution in [2.24, 2.45) is 0 Å². The Hall–Kier alpha value is -4.36. The first-order chi connectivity index (χ1) is 21.4. The van der Waals surface area contributed by atoms with Crippen LogP contribution in [0.15, 0.2) is 73.7 Å². The largest absolute Gasteiger partial charge is 0.417 e. The summed E-state index contributed by atoms with van der Waals surface area (Å²) in [5.74, 6) is -1.16. The van der Waals surface area contributed by atoms with Gasteiger partial charge in [0, 0.05) is 44.7 Å². The highest BCUT2D eigenvalue weighted by atomic mass is 35.5. The van der Waals surface area contributed by atoms with E-state index in [1.165, 1.54) is 30.3 Å². The van der Waals surface area contributed by atoms with Gasteiger partial charge in [-0.3, -0.25) is 0 Å². The molecule has 3 aromatic carbocycles. The van der Waals surface area contributed by atoms with Crippen molar-refractivity contribution in [3.63, 3.8) is 0 Å². The fourth-order valence-electron chi connectivity index (χ4n) is 5.91. The zero-order valence-corrected chi connectivity index (χ0v) is 24.1. The quantitative estimate of drug-likeness (QED) is 0.158. The number of nitrogens with zero attached hydrogens (tertiary/aromatic N) is 3. The lowest BCUT2D eigenvalue weighted by Crippen LogP contribution is -2.50. The third kappa shape index (κ3) is 5.30. The topological polar surface area (TPSA) is 63.7 Å². The van der Waals surface area contributed by atoms with Gasteiger partial charge in [-0.1, -0.05) is 36.9 Å². The maximum Gasteiger partial charge on any atom is 0.417 e. The number of pyridine rings is 1. The Balaban J connectivity index is 1.66. The molecule has 2 aliphatic heterocycles. The minimum absolute atomic E-state index is 0.0436. The zero-order chi connectivity index (χ0) is 33.5. The standard InChI is InChI=1S/C30H19B2ClF7N5O/c1-13-23-24(25(42-13)18-10-15(34)6-7-20(18)33)21(43-27-17-4-3-5-19(29(38,39)40)16(17)8-9-41-27)11-22-26(23)45(30(31,32)46)14(2)44(22)12-28(35,36)37/h3-11,25,42,46H,1-2,12H2,(H,41,43). The van der Waals surface area contributed by atoms with Crippen molar-refractivity contribution in [2.45, 2.75) is 23.9 Å². The van der Waals surface area contributed by atoms with Crippen LogP contribution in [0.2, 0.25) is 5.02 Å². The van der Waals surface area contributed by atoms with Gasteiger partial charge in [-0.2, -0.15) is 26.3 Å². The van der Waals surface area contributed by atoms with E-state index in [2.05, 4.69) is 28.8 Å². The zero-order valence-electron chi connectivity index (χ0n) is 23.4. The fourth-order valence-corrected chi connectivity index (χ4v) is 6.14. The summed E-state index contributed by atoms with van der Waals surface area (Å²) in [4.78, 5) is 5.75. The molecular weight excluding hydrogens is 636 g/mol. The summed E-state index contributed by atoms with van der Waals surface area (Å²) in [7, 11) is 11.7. The predicted molar refractivity (Wildman–Crippen MR) is 163 cm³/mol. The lowest BCUT2D eigenvalue weighted by Gasteiger charge is -2.36. The van der Waals surface area contributed by atoms with Crippen LogP contribution in [0, 0.1) is 5.82 Å². The average molecular weight is 656 g/mol. The number of halogens is 8. The third-order valence-electron chi connectivity index (χ3n) is 7.64. The van der Waals surface area contributed by atoms with Crippen molar-refractivity contribution in [2.75, 3.05) is 21.7 Å². The van der Waals surface area contributed by atoms with Crippen LogP contribution in [0.1, 0.15) is 28.3 Å². The molecule has 0 fully saturated rings. The molecule has 232 valence electrons. The Kier molecular flexibility index (Phi) is 7.28. The van der Waals surface area contributed by atoms with E-state index in [0.29, 0.717) is 0 Å². The molecule has 0 aliphatic carbocycles. The first-order valence-electron chi connectivity index (χ1n) is 13.3. The molecule has 4 radical (unpaired) electrons. The molecule has 0 amide bonds. The SMILES string of the molecule is [B]C([B])(O)N1C(=C)N(CC(F)(F)F)c2cc(Nc3nccc4c(C(F)(F)F)cccc34)c3c(c21)C(=C)NC3c1cc(F)ccc1Cl. The normalized spacial score (nSPS) is 16.6. The summed E-state index contributed by atoms with van der Waals surface area (Å²) < 4.78 is 97.6. The molecular formula is C30H19B2ClF7N5O. The van der Waals surface area contributed by atoms with Gasteiger partial charge in [-0.15, -0.1) is 0 Å². The second-order valence-electron chi connectivity index (χ2n) is 10.7. The molecule has 3 heterocycles. The Morgan fingerprint density at radius 2 is 1.74 bits per heavy atom. The monoisotopic (exact) mass is 655 g/mol. The lowest BCUT2D eigenvalue weighted by molar-refractivity contribution is -0.136. The molecule has 1 unspecified atom stereocenters. The number of nitrogens with one attached hydrogen (secondary N) is 2. The summed E-state index contributed by atoms with van der Waals surface area (Å²) in [5.41, 5.74) is -3.32. The molecule has 2 aliphatic rings. The Morgan fingerprint density at radius 3 is 2.39 bits per heavy atom. The number of alkyl halides is 6. The number of anilines is 4. The van der Waals surface area contributed by atoms with E-state index >= 15 is 0 Å². The molecule has 6 rings (SSSR count). The maximum atomic E-state index is 14.5. The van der Waals surface area contributed by atoms with Crippen LogP contribution < -0.4 is 20.4 Å². The maximum absolute atomic E-state index is 14.5. The molecule has 0 bridgehead atoms. The van der Waals surface area contributed by atoms with E-state index in [4.69, 9.17) is 27.3 Å². The van der Waals surface area contributed by atoms with E-state index in [9.17, 15) is 35.8 Å². The van der Waals surface area contributed by atoms with Gasteiger partial charge in [0.05, 0.1) is 28.5 Å². The molecule has 16 heteroatoms. The van der Waals surface area contributed by atoms with Crippen LogP contribution in [0.3, 0.4) is 0 Å². The lowest BCUT2D eigenvalue weighted by atomic mass is 9.71. The molecule has 0 saturated carbocycles. The van der Waals surface area contributed by atoms with E-state index in [1.54, 1.807) is 0 Å². The predicted octanol–water partition coefficient (Wildman–Crippen LogP) is 7.05. The van der Waals surface area contributed by atoms with Gasteiger partial charge < -0.3 is 25.5 Å². The highest BCUT2D eigenvalue weighted by molar-refractivity contribution is 6.41. The molecule has 1 aromatic heterocycles. The van der Waals surface area contributed by atoms with Gasteiger partial charge in [0.1, 0.15) is 39.7 Å². The number of fused-ring (bicyclic) bond motifs is 4. The van der Waals surface area contributed by atoms with Crippen LogP contribution in [0.25, 0.3) is 16.5 Å². The highest BCUT2D eigenvalue weighted by Crippen LogP contribution is 2.56. The number of hydrogen-bond donors (Lipinski definition) is 3. The highest BCUT2D eigenvalue weighted by Gasteiger charge is 2.47. The van der Waals surface area contributed by atoms with Gasteiger partial charge in [-0.25, -0.2) is 9.37 Å². The number of aliphatic hydroxyl groups is 1. The van der Waals surface area contributed by atoms with Crippen LogP contribution in [-0.4, -0.2) is 44.0 Å². The second kappa shape index (κ2) is 10.6. The van der Waals surface area contributed by atoms with E-state index in [-0.39, 0.29) is 61.1 Å². The summed E-state index contributed by atoms with van der Waals surface area (Å²) in [6.07, 6.45) is -8.33. The number of hydrogen-bond acceptors (Lipinski definition) is 6. The smallest absolute Gasteiger partial charge is 0.389 e. The van der Waals surface area contributed by atoms with E-state index in [1.807, 2.05) is 0 Å². The minimum atomic E-state index is -4.78. The van der Waals surface area contributed by atoms with Crippen molar-refractivity contribution in [1.29, 1.82) is 0 Å². The average Bonchev–Trinajstić information content (AvgIpc) is 3.42. The summed E-state index contributed by atoms with van der Waals surface area (Å²) >= 11 is 6.47. The van der Waals surface area contributed by atoms with Gasteiger partial charge in [0.15, 0.2) is 0 Å². The number of rotatable bonds is 5. The molecule has 0 spiro atoms.